The van der Waals surface area contributed by atoms with E-state index in [4.69, 9.17) is 11.5 Å². The van der Waals surface area contributed by atoms with Crippen LogP contribution in [0.15, 0.2) is 6.07 Å². The molecule has 1 aliphatic rings. The van der Waals surface area contributed by atoms with Gasteiger partial charge in [-0.15, -0.1) is 11.3 Å². The maximum Gasteiger partial charge on any atom is 0.188 e. The Labute approximate surface area is 103 Å². The summed E-state index contributed by atoms with van der Waals surface area (Å²) in [5.74, 6) is -0.106. The summed E-state index contributed by atoms with van der Waals surface area (Å²) in [4.78, 5) is 17.6. The molecule has 0 unspecified atom stereocenters. The lowest BCUT2D eigenvalue weighted by atomic mass is 10.1. The third-order valence-corrected chi connectivity index (χ3v) is 4.34. The van der Waals surface area contributed by atoms with Crippen LogP contribution >= 0.6 is 11.3 Å². The van der Waals surface area contributed by atoms with E-state index in [9.17, 15) is 4.79 Å². The lowest BCUT2D eigenvalue weighted by Gasteiger charge is -1.98. The predicted octanol–water partition coefficient (Wildman–Crippen LogP) is 1.51. The number of carbonyl (C=O) groups excluding carboxylic acids is 1. The van der Waals surface area contributed by atoms with Crippen LogP contribution in [0.3, 0.4) is 0 Å². The summed E-state index contributed by atoms with van der Waals surface area (Å²) in [6.07, 6.45) is 3.26. The van der Waals surface area contributed by atoms with Crippen LogP contribution < -0.4 is 11.5 Å². The molecule has 4 nitrogen and oxygen atoms in total. The maximum absolute atomic E-state index is 11.6. The first-order chi connectivity index (χ1) is 8.20. The van der Waals surface area contributed by atoms with Gasteiger partial charge in [-0.1, -0.05) is 0 Å². The molecule has 0 bridgehead atoms. The van der Waals surface area contributed by atoms with Crippen molar-refractivity contribution in [1.82, 2.24) is 4.98 Å². The highest BCUT2D eigenvalue weighted by Gasteiger charge is 2.20. The first-order valence-corrected chi connectivity index (χ1v) is 6.46. The Hall–Kier alpha value is -1.46. The number of carbonyl (C=O) groups is 1. The Kier molecular flexibility index (Phi) is 2.38. The van der Waals surface area contributed by atoms with Crippen molar-refractivity contribution in [2.45, 2.75) is 19.3 Å². The number of Topliss-reactive ketones (excluding diaryl/α,β-unsaturated/α-hetero) is 1. The third kappa shape index (κ3) is 1.54. The zero-order valence-electron chi connectivity index (χ0n) is 9.32. The molecule has 1 aliphatic carbocycles. The van der Waals surface area contributed by atoms with Gasteiger partial charge in [0.05, 0.1) is 17.1 Å². The van der Waals surface area contributed by atoms with Crippen LogP contribution in [0, 0.1) is 0 Å². The van der Waals surface area contributed by atoms with Crippen molar-refractivity contribution in [3.8, 4) is 0 Å². The zero-order valence-corrected chi connectivity index (χ0v) is 10.1. The molecule has 0 amide bonds. The van der Waals surface area contributed by atoms with Crippen molar-refractivity contribution in [1.29, 1.82) is 0 Å². The normalized spacial score (nSPS) is 14.2. The molecule has 2 aromatic heterocycles. The standard InChI is InChI=1S/C12H13N3OS/c13-5-9(16)11-10(14)7-4-6-2-1-3-8(6)15-12(7)17-11/h4H,1-3,5,13-14H2. The number of nitrogens with two attached hydrogens (primary N) is 2. The first kappa shape index (κ1) is 10.7. The average molecular weight is 247 g/mol. The maximum atomic E-state index is 11.6. The summed E-state index contributed by atoms with van der Waals surface area (Å²) >= 11 is 1.36. The largest absolute Gasteiger partial charge is 0.397 e. The lowest BCUT2D eigenvalue weighted by Crippen LogP contribution is -2.13. The van der Waals surface area contributed by atoms with E-state index in [1.807, 2.05) is 0 Å². The van der Waals surface area contributed by atoms with Gasteiger partial charge in [-0.05, 0) is 30.9 Å². The van der Waals surface area contributed by atoms with Crippen LogP contribution in [-0.2, 0) is 12.8 Å². The number of anilines is 1. The molecule has 2 heterocycles. The van der Waals surface area contributed by atoms with Gasteiger partial charge in [0, 0.05) is 11.1 Å². The number of rotatable bonds is 2. The molecule has 0 aromatic carbocycles. The molecule has 0 spiro atoms. The van der Waals surface area contributed by atoms with E-state index in [2.05, 4.69) is 11.1 Å². The molecule has 5 heteroatoms. The highest BCUT2D eigenvalue weighted by atomic mass is 32.1. The second kappa shape index (κ2) is 3.78. The van der Waals surface area contributed by atoms with Crippen LogP contribution in [-0.4, -0.2) is 17.3 Å². The number of nitrogens with zero attached hydrogens (tertiary/aromatic N) is 1. The molecule has 4 N–H and O–H groups in total. The van der Waals surface area contributed by atoms with Gasteiger partial charge in [-0.3, -0.25) is 4.79 Å². The fourth-order valence-corrected chi connectivity index (χ4v) is 3.34. The van der Waals surface area contributed by atoms with Crippen LogP contribution in [0.2, 0.25) is 0 Å². The van der Waals surface area contributed by atoms with Crippen molar-refractivity contribution >= 4 is 33.0 Å². The van der Waals surface area contributed by atoms with Crippen LogP contribution in [0.1, 0.15) is 27.3 Å². The molecule has 2 aromatic rings. The van der Waals surface area contributed by atoms with E-state index in [1.54, 1.807) is 0 Å². The smallest absolute Gasteiger partial charge is 0.188 e. The Morgan fingerprint density at radius 3 is 3.06 bits per heavy atom. The van der Waals surface area contributed by atoms with Crippen molar-refractivity contribution in [3.05, 3.63) is 22.2 Å². The fraction of sp³-hybridized carbons (Fsp3) is 0.333. The summed E-state index contributed by atoms with van der Waals surface area (Å²) in [7, 11) is 0. The summed E-state index contributed by atoms with van der Waals surface area (Å²) in [5, 5.41) is 0.910. The lowest BCUT2D eigenvalue weighted by molar-refractivity contribution is 0.101. The van der Waals surface area contributed by atoms with E-state index < -0.39 is 0 Å². The molecule has 3 rings (SSSR count). The number of ketones is 1. The second-order valence-corrected chi connectivity index (χ2v) is 5.27. The minimum absolute atomic E-state index is 0.00324. The number of aromatic nitrogens is 1. The number of hydrogen-bond acceptors (Lipinski definition) is 5. The topological polar surface area (TPSA) is 82.0 Å². The molecular weight excluding hydrogens is 234 g/mol. The Bertz CT molecular complexity index is 618. The molecule has 0 radical (unpaired) electrons. The number of fused-ring (bicyclic) bond motifs is 2. The van der Waals surface area contributed by atoms with Gasteiger partial charge in [-0.2, -0.15) is 0 Å². The predicted molar refractivity (Wildman–Crippen MR) is 69.4 cm³/mol. The fourth-order valence-electron chi connectivity index (χ4n) is 2.30. The molecule has 0 aliphatic heterocycles. The number of pyridine rings is 1. The van der Waals surface area contributed by atoms with Crippen LogP contribution in [0.5, 0.6) is 0 Å². The van der Waals surface area contributed by atoms with Crippen LogP contribution in [0.25, 0.3) is 10.2 Å². The zero-order chi connectivity index (χ0) is 12.0. The number of aryl methyl sites for hydroxylation is 2. The van der Waals surface area contributed by atoms with E-state index >= 15 is 0 Å². The molecule has 0 saturated carbocycles. The molecule has 0 fully saturated rings. The molecule has 0 saturated heterocycles. The SMILES string of the molecule is NCC(=O)c1sc2nc3c(cc2c1N)CCC3. The summed E-state index contributed by atoms with van der Waals surface area (Å²) in [5.41, 5.74) is 14.4. The van der Waals surface area contributed by atoms with Crippen molar-refractivity contribution < 1.29 is 4.79 Å². The summed E-state index contributed by atoms with van der Waals surface area (Å²) in [6, 6.07) is 2.09. The van der Waals surface area contributed by atoms with E-state index in [0.29, 0.717) is 10.6 Å². The minimum atomic E-state index is -0.106. The monoisotopic (exact) mass is 247 g/mol. The van der Waals surface area contributed by atoms with Gasteiger partial charge in [0.25, 0.3) is 0 Å². The molecule has 0 atom stereocenters. The van der Waals surface area contributed by atoms with Crippen molar-refractivity contribution in [3.63, 3.8) is 0 Å². The van der Waals surface area contributed by atoms with Crippen molar-refractivity contribution in [2.75, 3.05) is 12.3 Å². The molecule has 17 heavy (non-hydrogen) atoms. The Morgan fingerprint density at radius 2 is 2.29 bits per heavy atom. The van der Waals surface area contributed by atoms with E-state index in [1.165, 1.54) is 16.9 Å². The quantitative estimate of drug-likeness (QED) is 0.788. The van der Waals surface area contributed by atoms with Crippen LogP contribution in [0.4, 0.5) is 5.69 Å². The van der Waals surface area contributed by atoms with Gasteiger partial charge in [0.15, 0.2) is 5.78 Å². The number of hydrogen-bond donors (Lipinski definition) is 2. The molecule has 88 valence electrons. The minimum Gasteiger partial charge on any atom is -0.397 e. The highest BCUT2D eigenvalue weighted by molar-refractivity contribution is 7.21. The van der Waals surface area contributed by atoms with Gasteiger partial charge in [0.1, 0.15) is 4.83 Å². The molecular formula is C12H13N3OS. The highest BCUT2D eigenvalue weighted by Crippen LogP contribution is 2.35. The second-order valence-electron chi connectivity index (χ2n) is 4.27. The third-order valence-electron chi connectivity index (χ3n) is 3.19. The first-order valence-electron chi connectivity index (χ1n) is 5.64. The van der Waals surface area contributed by atoms with Gasteiger partial charge >= 0.3 is 0 Å². The van der Waals surface area contributed by atoms with Gasteiger partial charge in [-0.25, -0.2) is 4.98 Å². The van der Waals surface area contributed by atoms with Crippen molar-refractivity contribution in [2.24, 2.45) is 5.73 Å². The van der Waals surface area contributed by atoms with E-state index in [0.717, 1.165) is 35.2 Å². The number of thiophene rings is 1. The summed E-state index contributed by atoms with van der Waals surface area (Å²) < 4.78 is 0. The average Bonchev–Trinajstić information content (AvgIpc) is 2.91. The Morgan fingerprint density at radius 1 is 1.47 bits per heavy atom. The number of nitrogen functional groups attached to an aromatic ring is 1. The van der Waals surface area contributed by atoms with Gasteiger partial charge < -0.3 is 11.5 Å². The van der Waals surface area contributed by atoms with E-state index in [-0.39, 0.29) is 12.3 Å². The van der Waals surface area contributed by atoms with Gasteiger partial charge in [0.2, 0.25) is 0 Å². The Balaban J connectivity index is 2.24. The summed E-state index contributed by atoms with van der Waals surface area (Å²) in [6.45, 7) is -0.00324.